The normalized spacial score (nSPS) is 15.7. The molecule has 8 nitrogen and oxygen atoms in total. The minimum Gasteiger partial charge on any atom is -0.493 e. The van der Waals surface area contributed by atoms with Crippen molar-refractivity contribution in [1.29, 1.82) is 0 Å². The Balaban J connectivity index is 1.60. The Morgan fingerprint density at radius 3 is 2.52 bits per heavy atom. The highest BCUT2D eigenvalue weighted by molar-refractivity contribution is 5.99. The lowest BCUT2D eigenvalue weighted by Crippen LogP contribution is -2.56. The summed E-state index contributed by atoms with van der Waals surface area (Å²) in [6, 6.07) is 8.44. The zero-order valence-electron chi connectivity index (χ0n) is 18.8. The minimum atomic E-state index is -0.592. The van der Waals surface area contributed by atoms with Crippen molar-refractivity contribution in [2.45, 2.75) is 40.3 Å². The highest BCUT2D eigenvalue weighted by Crippen LogP contribution is 2.19. The molecule has 1 aromatic heterocycles. The van der Waals surface area contributed by atoms with Gasteiger partial charge in [0.25, 0.3) is 5.91 Å². The van der Waals surface area contributed by atoms with Crippen molar-refractivity contribution < 1.29 is 18.8 Å². The van der Waals surface area contributed by atoms with Crippen molar-refractivity contribution in [3.8, 4) is 5.75 Å². The van der Waals surface area contributed by atoms with Gasteiger partial charge in [0.05, 0.1) is 24.4 Å². The summed E-state index contributed by atoms with van der Waals surface area (Å²) in [6.45, 7) is 11.5. The van der Waals surface area contributed by atoms with Crippen LogP contribution in [0.25, 0.3) is 0 Å². The molecule has 1 N–H and O–H groups in total. The molecule has 31 heavy (non-hydrogen) atoms. The molecule has 1 fully saturated rings. The maximum Gasteiger partial charge on any atom is 0.255 e. The smallest absolute Gasteiger partial charge is 0.255 e. The largest absolute Gasteiger partial charge is 0.493 e. The first-order chi connectivity index (χ1) is 14.9. The fourth-order valence-corrected chi connectivity index (χ4v) is 3.70. The van der Waals surface area contributed by atoms with Crippen molar-refractivity contribution in [2.24, 2.45) is 5.92 Å². The molecule has 1 atom stereocenters. The first-order valence-corrected chi connectivity index (χ1v) is 10.8. The van der Waals surface area contributed by atoms with Crippen LogP contribution in [0.1, 0.15) is 42.6 Å². The minimum absolute atomic E-state index is 0.0362. The number of nitrogens with one attached hydrogen (secondary N) is 1. The monoisotopic (exact) mass is 428 g/mol. The van der Waals surface area contributed by atoms with Crippen LogP contribution in [0.3, 0.4) is 0 Å². The molecule has 168 valence electrons. The summed E-state index contributed by atoms with van der Waals surface area (Å²) in [5.41, 5.74) is 1.31. The molecule has 3 rings (SSSR count). The van der Waals surface area contributed by atoms with E-state index in [1.54, 1.807) is 18.2 Å². The SMILES string of the molecule is CCOc1ccccc1C(=O)NC(C(=O)N1CCN(Cc2cc(C)no2)CC1)C(C)C. The summed E-state index contributed by atoms with van der Waals surface area (Å²) in [4.78, 5) is 30.2. The van der Waals surface area contributed by atoms with Gasteiger partial charge in [-0.1, -0.05) is 31.1 Å². The second-order valence-corrected chi connectivity index (χ2v) is 8.16. The third-order valence-corrected chi connectivity index (χ3v) is 5.39. The topological polar surface area (TPSA) is 87.9 Å². The average molecular weight is 429 g/mol. The highest BCUT2D eigenvalue weighted by atomic mass is 16.5. The lowest BCUT2D eigenvalue weighted by atomic mass is 10.0. The third kappa shape index (κ3) is 5.85. The number of carbonyl (C=O) groups is 2. The quantitative estimate of drug-likeness (QED) is 0.695. The van der Waals surface area contributed by atoms with Crippen molar-refractivity contribution in [3.05, 3.63) is 47.3 Å². The molecule has 0 spiro atoms. The van der Waals surface area contributed by atoms with E-state index in [1.165, 1.54) is 0 Å². The van der Waals surface area contributed by atoms with Gasteiger partial charge in [0.15, 0.2) is 5.76 Å². The molecule has 0 radical (unpaired) electrons. The van der Waals surface area contributed by atoms with E-state index >= 15 is 0 Å². The summed E-state index contributed by atoms with van der Waals surface area (Å²) >= 11 is 0. The molecule has 1 aliphatic heterocycles. The Hall–Kier alpha value is -2.87. The number of nitrogens with zero attached hydrogens (tertiary/aromatic N) is 3. The van der Waals surface area contributed by atoms with E-state index in [1.807, 2.05) is 44.7 Å². The first kappa shape index (κ1) is 22.8. The number of ether oxygens (including phenoxy) is 1. The molecule has 2 aromatic rings. The Kier molecular flexibility index (Phi) is 7.68. The van der Waals surface area contributed by atoms with Gasteiger partial charge in [0.1, 0.15) is 11.8 Å². The van der Waals surface area contributed by atoms with Gasteiger partial charge in [-0.3, -0.25) is 14.5 Å². The zero-order chi connectivity index (χ0) is 22.4. The number of amides is 2. The summed E-state index contributed by atoms with van der Waals surface area (Å²) in [6.07, 6.45) is 0. The van der Waals surface area contributed by atoms with Crippen LogP contribution in [0.15, 0.2) is 34.9 Å². The Morgan fingerprint density at radius 2 is 1.90 bits per heavy atom. The van der Waals surface area contributed by atoms with Crippen molar-refractivity contribution >= 4 is 11.8 Å². The fourth-order valence-electron chi connectivity index (χ4n) is 3.70. The summed E-state index contributed by atoms with van der Waals surface area (Å²) in [5.74, 6) is 0.972. The van der Waals surface area contributed by atoms with E-state index in [-0.39, 0.29) is 17.7 Å². The average Bonchev–Trinajstić information content (AvgIpc) is 3.17. The van der Waals surface area contributed by atoms with E-state index in [0.29, 0.717) is 37.6 Å². The second kappa shape index (κ2) is 10.4. The van der Waals surface area contributed by atoms with Gasteiger partial charge < -0.3 is 19.5 Å². The van der Waals surface area contributed by atoms with E-state index in [4.69, 9.17) is 9.26 Å². The highest BCUT2D eigenvalue weighted by Gasteiger charge is 2.31. The number of para-hydroxylation sites is 1. The van der Waals surface area contributed by atoms with Crippen LogP contribution >= 0.6 is 0 Å². The second-order valence-electron chi connectivity index (χ2n) is 8.16. The Morgan fingerprint density at radius 1 is 1.19 bits per heavy atom. The van der Waals surface area contributed by atoms with Gasteiger partial charge in [-0.2, -0.15) is 0 Å². The van der Waals surface area contributed by atoms with Crippen molar-refractivity contribution in [3.63, 3.8) is 0 Å². The number of carbonyl (C=O) groups excluding carboxylic acids is 2. The number of rotatable bonds is 8. The van der Waals surface area contributed by atoms with Crippen LogP contribution in [0.4, 0.5) is 0 Å². The summed E-state index contributed by atoms with van der Waals surface area (Å²) in [5, 5.41) is 6.86. The van der Waals surface area contributed by atoms with Gasteiger partial charge in [-0.05, 0) is 31.9 Å². The number of hydrogen-bond donors (Lipinski definition) is 1. The zero-order valence-corrected chi connectivity index (χ0v) is 18.8. The molecule has 2 heterocycles. The van der Waals surface area contributed by atoms with Gasteiger partial charge in [0, 0.05) is 32.2 Å². The molecular formula is C23H32N4O4. The van der Waals surface area contributed by atoms with E-state index in [9.17, 15) is 9.59 Å². The number of aryl methyl sites for hydroxylation is 1. The van der Waals surface area contributed by atoms with Gasteiger partial charge in [-0.25, -0.2) is 0 Å². The summed E-state index contributed by atoms with van der Waals surface area (Å²) < 4.78 is 10.9. The van der Waals surface area contributed by atoms with Crippen LogP contribution in [0, 0.1) is 12.8 Å². The summed E-state index contributed by atoms with van der Waals surface area (Å²) in [7, 11) is 0. The van der Waals surface area contributed by atoms with Gasteiger partial charge in [-0.15, -0.1) is 0 Å². The van der Waals surface area contributed by atoms with Crippen LogP contribution in [-0.4, -0.2) is 65.6 Å². The third-order valence-electron chi connectivity index (χ3n) is 5.39. The predicted octanol–water partition coefficient (Wildman–Crippen LogP) is 2.48. The number of piperazine rings is 1. The van der Waals surface area contributed by atoms with Crippen LogP contribution in [0.2, 0.25) is 0 Å². The Labute approximate surface area is 183 Å². The van der Waals surface area contributed by atoms with Crippen molar-refractivity contribution in [2.75, 3.05) is 32.8 Å². The standard InChI is InChI=1S/C23H32N4O4/c1-5-30-20-9-7-6-8-19(20)22(28)24-21(16(2)3)23(29)27-12-10-26(11-13-27)15-18-14-17(4)25-31-18/h6-9,14,16,21H,5,10-13,15H2,1-4H3,(H,24,28). The number of benzene rings is 1. The van der Waals surface area contributed by atoms with E-state index in [2.05, 4.69) is 15.4 Å². The molecule has 0 saturated carbocycles. The Bertz CT molecular complexity index is 887. The molecule has 2 amide bonds. The molecule has 8 heteroatoms. The molecule has 1 saturated heterocycles. The van der Waals surface area contributed by atoms with Crippen LogP contribution in [0.5, 0.6) is 5.75 Å². The number of aromatic nitrogens is 1. The fraction of sp³-hybridized carbons (Fsp3) is 0.522. The molecular weight excluding hydrogens is 396 g/mol. The van der Waals surface area contributed by atoms with Crippen molar-refractivity contribution in [1.82, 2.24) is 20.3 Å². The molecule has 0 bridgehead atoms. The maximum atomic E-state index is 13.2. The first-order valence-electron chi connectivity index (χ1n) is 10.8. The number of hydrogen-bond acceptors (Lipinski definition) is 6. The van der Waals surface area contributed by atoms with Crippen LogP contribution in [-0.2, 0) is 11.3 Å². The maximum absolute atomic E-state index is 13.2. The molecule has 1 aliphatic rings. The lowest BCUT2D eigenvalue weighted by molar-refractivity contribution is -0.136. The molecule has 1 aromatic carbocycles. The predicted molar refractivity (Wildman–Crippen MR) is 117 cm³/mol. The lowest BCUT2D eigenvalue weighted by Gasteiger charge is -2.37. The molecule has 1 unspecified atom stereocenters. The van der Waals surface area contributed by atoms with Crippen LogP contribution < -0.4 is 10.1 Å². The van der Waals surface area contributed by atoms with Gasteiger partial charge >= 0.3 is 0 Å². The van der Waals surface area contributed by atoms with E-state index in [0.717, 1.165) is 24.5 Å². The molecule has 0 aliphatic carbocycles. The van der Waals surface area contributed by atoms with E-state index < -0.39 is 6.04 Å². The van der Waals surface area contributed by atoms with Gasteiger partial charge in [0.2, 0.25) is 5.91 Å².